The molecule has 0 aromatic heterocycles. The van der Waals surface area contributed by atoms with Gasteiger partial charge in [-0.3, -0.25) is 0 Å². The Morgan fingerprint density at radius 3 is 2.67 bits per heavy atom. The molecule has 88 valence electrons. The van der Waals surface area contributed by atoms with Crippen LogP contribution in [-0.4, -0.2) is 13.7 Å². The Kier molecular flexibility index (Phi) is 4.85. The van der Waals surface area contributed by atoms with Crippen LogP contribution in [0.15, 0.2) is 23.8 Å². The number of nitriles is 2. The molecule has 0 fully saturated rings. The predicted molar refractivity (Wildman–Crippen MR) is 66.5 cm³/mol. The first-order valence-electron chi connectivity index (χ1n) is 5.02. The Balaban J connectivity index is 3.28. The van der Waals surface area contributed by atoms with E-state index in [2.05, 4.69) is 5.92 Å². The van der Waals surface area contributed by atoms with E-state index < -0.39 is 0 Å². The molecule has 1 aromatic carbocycles. The second-order valence-corrected chi connectivity index (χ2v) is 3.15. The van der Waals surface area contributed by atoms with Gasteiger partial charge in [0.1, 0.15) is 24.3 Å². The monoisotopic (exact) mass is 238 g/mol. The fourth-order valence-corrected chi connectivity index (χ4v) is 1.32. The van der Waals surface area contributed by atoms with Crippen molar-refractivity contribution in [2.45, 2.75) is 0 Å². The fourth-order valence-electron chi connectivity index (χ4n) is 1.32. The van der Waals surface area contributed by atoms with E-state index in [4.69, 9.17) is 26.4 Å². The van der Waals surface area contributed by atoms with Crippen LogP contribution in [0.1, 0.15) is 5.56 Å². The minimum atomic E-state index is -0.0196. The van der Waals surface area contributed by atoms with Crippen molar-refractivity contribution < 1.29 is 9.47 Å². The zero-order valence-corrected chi connectivity index (χ0v) is 9.80. The lowest BCUT2D eigenvalue weighted by Crippen LogP contribution is -1.98. The number of ether oxygens (including phenoxy) is 2. The second kappa shape index (κ2) is 6.63. The number of terminal acetylenes is 1. The number of rotatable bonds is 4. The molecule has 1 aromatic rings. The first-order chi connectivity index (χ1) is 8.76. The van der Waals surface area contributed by atoms with Gasteiger partial charge in [-0.2, -0.15) is 10.5 Å². The van der Waals surface area contributed by atoms with Crippen LogP contribution in [0.2, 0.25) is 0 Å². The topological polar surface area (TPSA) is 66.0 Å². The molecule has 0 N–H and O–H groups in total. The van der Waals surface area contributed by atoms with Crippen LogP contribution in [0.4, 0.5) is 0 Å². The molecule has 0 aliphatic heterocycles. The predicted octanol–water partition coefficient (Wildman–Crippen LogP) is 2.14. The molecule has 0 heterocycles. The van der Waals surface area contributed by atoms with Crippen molar-refractivity contribution in [2.75, 3.05) is 13.7 Å². The van der Waals surface area contributed by atoms with Crippen LogP contribution in [0.5, 0.6) is 11.5 Å². The van der Waals surface area contributed by atoms with Crippen molar-refractivity contribution in [2.24, 2.45) is 0 Å². The van der Waals surface area contributed by atoms with Crippen LogP contribution >= 0.6 is 0 Å². The van der Waals surface area contributed by atoms with E-state index >= 15 is 0 Å². The Hall–Kier alpha value is -2.90. The Morgan fingerprint density at radius 2 is 2.11 bits per heavy atom. The van der Waals surface area contributed by atoms with Gasteiger partial charge in [0.25, 0.3) is 0 Å². The Morgan fingerprint density at radius 1 is 1.39 bits per heavy atom. The summed E-state index contributed by atoms with van der Waals surface area (Å²) < 4.78 is 10.5. The molecule has 0 saturated heterocycles. The van der Waals surface area contributed by atoms with E-state index in [0.29, 0.717) is 17.1 Å². The molecular weight excluding hydrogens is 228 g/mol. The molecule has 18 heavy (non-hydrogen) atoms. The molecule has 0 unspecified atom stereocenters. The minimum Gasteiger partial charge on any atom is -0.493 e. The maximum Gasteiger partial charge on any atom is 0.169 e. The number of benzene rings is 1. The molecule has 0 amide bonds. The van der Waals surface area contributed by atoms with Crippen molar-refractivity contribution in [3.8, 4) is 36.0 Å². The van der Waals surface area contributed by atoms with Crippen LogP contribution in [0, 0.1) is 35.0 Å². The highest BCUT2D eigenvalue weighted by Crippen LogP contribution is 2.32. The average molecular weight is 238 g/mol. The second-order valence-electron chi connectivity index (χ2n) is 3.15. The maximum absolute atomic E-state index is 8.74. The Bertz CT molecular complexity index is 567. The molecule has 4 heteroatoms. The summed E-state index contributed by atoms with van der Waals surface area (Å²) in [6.07, 6.45) is 6.56. The summed E-state index contributed by atoms with van der Waals surface area (Å²) in [7, 11) is 1.50. The van der Waals surface area contributed by atoms with Gasteiger partial charge in [0, 0.05) is 5.56 Å². The van der Waals surface area contributed by atoms with E-state index in [1.165, 1.54) is 13.2 Å². The van der Waals surface area contributed by atoms with E-state index in [0.717, 1.165) is 0 Å². The molecule has 0 spiro atoms. The third-order valence-corrected chi connectivity index (χ3v) is 2.07. The van der Waals surface area contributed by atoms with Gasteiger partial charge >= 0.3 is 0 Å². The SMILES string of the molecule is C#CCOc1c(C=C(C#N)C#N)cccc1OC. The molecule has 0 saturated carbocycles. The van der Waals surface area contributed by atoms with Crippen molar-refractivity contribution in [3.63, 3.8) is 0 Å². The standard InChI is InChI=1S/C14H10N2O2/c1-3-7-18-14-12(8-11(9-15)10-16)5-4-6-13(14)17-2/h1,4-6,8H,7H2,2H3. The largest absolute Gasteiger partial charge is 0.493 e. The van der Waals surface area contributed by atoms with E-state index in [1.54, 1.807) is 30.3 Å². The van der Waals surface area contributed by atoms with Crippen molar-refractivity contribution >= 4 is 6.08 Å². The average Bonchev–Trinajstić information content (AvgIpc) is 2.42. The smallest absolute Gasteiger partial charge is 0.169 e. The van der Waals surface area contributed by atoms with Crippen molar-refractivity contribution in [1.29, 1.82) is 10.5 Å². The van der Waals surface area contributed by atoms with Crippen LogP contribution in [-0.2, 0) is 0 Å². The van der Waals surface area contributed by atoms with Crippen LogP contribution in [0.3, 0.4) is 0 Å². The maximum atomic E-state index is 8.74. The summed E-state index contributed by atoms with van der Waals surface area (Å²) >= 11 is 0. The molecule has 1 rings (SSSR count). The number of hydrogen-bond acceptors (Lipinski definition) is 4. The lowest BCUT2D eigenvalue weighted by atomic mass is 10.1. The molecule has 0 radical (unpaired) electrons. The van der Waals surface area contributed by atoms with Crippen molar-refractivity contribution in [3.05, 3.63) is 29.3 Å². The molecule has 0 atom stereocenters. The molecule has 0 aliphatic rings. The van der Waals surface area contributed by atoms with E-state index in [-0.39, 0.29) is 12.2 Å². The zero-order chi connectivity index (χ0) is 13.4. The summed E-state index contributed by atoms with van der Waals surface area (Å²) in [6, 6.07) is 8.73. The number of nitrogens with zero attached hydrogens (tertiary/aromatic N) is 2. The van der Waals surface area contributed by atoms with Gasteiger partial charge in [-0.15, -0.1) is 6.42 Å². The zero-order valence-electron chi connectivity index (χ0n) is 9.80. The van der Waals surface area contributed by atoms with E-state index in [9.17, 15) is 0 Å². The number of methoxy groups -OCH3 is 1. The molecule has 0 aliphatic carbocycles. The van der Waals surface area contributed by atoms with Gasteiger partial charge in [-0.25, -0.2) is 0 Å². The number of hydrogen-bond donors (Lipinski definition) is 0. The summed E-state index contributed by atoms with van der Waals surface area (Å²) in [4.78, 5) is 0. The number of allylic oxidation sites excluding steroid dienone is 1. The lowest BCUT2D eigenvalue weighted by Gasteiger charge is -2.11. The summed E-state index contributed by atoms with van der Waals surface area (Å²) in [5.74, 6) is 3.26. The van der Waals surface area contributed by atoms with Gasteiger partial charge in [0.15, 0.2) is 11.5 Å². The summed E-state index contributed by atoms with van der Waals surface area (Å²) in [6.45, 7) is 0.0790. The summed E-state index contributed by atoms with van der Waals surface area (Å²) in [5.41, 5.74) is 0.552. The van der Waals surface area contributed by atoms with E-state index in [1.807, 2.05) is 0 Å². The summed E-state index contributed by atoms with van der Waals surface area (Å²) in [5, 5.41) is 17.5. The van der Waals surface area contributed by atoms with Gasteiger partial charge in [0.2, 0.25) is 0 Å². The first kappa shape index (κ1) is 13.2. The highest BCUT2D eigenvalue weighted by atomic mass is 16.5. The van der Waals surface area contributed by atoms with Crippen LogP contribution in [0.25, 0.3) is 6.08 Å². The van der Waals surface area contributed by atoms with Crippen LogP contribution < -0.4 is 9.47 Å². The fraction of sp³-hybridized carbons (Fsp3) is 0.143. The van der Waals surface area contributed by atoms with Gasteiger partial charge in [0.05, 0.1) is 7.11 Å². The molecule has 4 nitrogen and oxygen atoms in total. The van der Waals surface area contributed by atoms with Gasteiger partial charge in [-0.1, -0.05) is 18.1 Å². The highest BCUT2D eigenvalue weighted by Gasteiger charge is 2.09. The third-order valence-electron chi connectivity index (χ3n) is 2.07. The lowest BCUT2D eigenvalue weighted by molar-refractivity contribution is 0.330. The van der Waals surface area contributed by atoms with Gasteiger partial charge < -0.3 is 9.47 Å². The molecular formula is C14H10N2O2. The molecule has 0 bridgehead atoms. The first-order valence-corrected chi connectivity index (χ1v) is 5.02. The van der Waals surface area contributed by atoms with Crippen molar-refractivity contribution in [1.82, 2.24) is 0 Å². The minimum absolute atomic E-state index is 0.0196. The quantitative estimate of drug-likeness (QED) is 0.595. The third kappa shape index (κ3) is 3.04. The normalized spacial score (nSPS) is 8.33. The number of para-hydroxylation sites is 1. The van der Waals surface area contributed by atoms with Gasteiger partial charge in [-0.05, 0) is 12.1 Å². The Labute approximate surface area is 106 Å². The highest BCUT2D eigenvalue weighted by molar-refractivity contribution is 5.69.